The van der Waals surface area contributed by atoms with Gasteiger partial charge in [0.1, 0.15) is 5.01 Å². The number of ether oxygens (including phenoxy) is 1. The Kier molecular flexibility index (Phi) is 3.92. The standard InChI is InChI=1S/C15H24N2OS/c1-3-16-15(9-7-11(18-2)8-10-15)14-17-12-5-4-6-13(12)19-14/h11,16H,3-10H2,1-2H3. The fourth-order valence-corrected chi connectivity index (χ4v) is 4.89. The SMILES string of the molecule is CCNC1(c2nc3c(s2)CCC3)CCC(OC)CC1. The second kappa shape index (κ2) is 5.51. The highest BCUT2D eigenvalue weighted by Gasteiger charge is 2.39. The van der Waals surface area contributed by atoms with Gasteiger partial charge >= 0.3 is 0 Å². The third kappa shape index (κ3) is 2.46. The number of nitrogens with zero attached hydrogens (tertiary/aromatic N) is 1. The Bertz CT molecular complexity index is 414. The number of thiazole rings is 1. The first kappa shape index (κ1) is 13.5. The van der Waals surface area contributed by atoms with Gasteiger partial charge in [0.05, 0.1) is 17.3 Å². The van der Waals surface area contributed by atoms with Gasteiger partial charge in [-0.1, -0.05) is 6.92 Å². The molecule has 0 unspecified atom stereocenters. The molecule has 0 aliphatic heterocycles. The maximum absolute atomic E-state index is 5.51. The van der Waals surface area contributed by atoms with Crippen molar-refractivity contribution in [1.29, 1.82) is 0 Å². The monoisotopic (exact) mass is 280 g/mol. The number of nitrogens with one attached hydrogen (secondary N) is 1. The van der Waals surface area contributed by atoms with Gasteiger partial charge in [0.15, 0.2) is 0 Å². The molecule has 3 rings (SSSR count). The highest BCUT2D eigenvalue weighted by atomic mass is 32.1. The van der Waals surface area contributed by atoms with Crippen LogP contribution < -0.4 is 5.32 Å². The van der Waals surface area contributed by atoms with Crippen molar-refractivity contribution in [2.75, 3.05) is 13.7 Å². The molecule has 19 heavy (non-hydrogen) atoms. The number of hydrogen-bond donors (Lipinski definition) is 1. The van der Waals surface area contributed by atoms with Gasteiger partial charge in [0, 0.05) is 12.0 Å². The van der Waals surface area contributed by atoms with Crippen LogP contribution in [0.25, 0.3) is 0 Å². The van der Waals surface area contributed by atoms with Crippen molar-refractivity contribution in [3.63, 3.8) is 0 Å². The van der Waals surface area contributed by atoms with Crippen molar-refractivity contribution in [3.8, 4) is 0 Å². The fourth-order valence-electron chi connectivity index (χ4n) is 3.52. The molecule has 1 N–H and O–H groups in total. The van der Waals surface area contributed by atoms with Crippen LogP contribution in [0.15, 0.2) is 0 Å². The van der Waals surface area contributed by atoms with Crippen LogP contribution in [0.5, 0.6) is 0 Å². The molecule has 0 atom stereocenters. The summed E-state index contributed by atoms with van der Waals surface area (Å²) in [6.45, 7) is 3.22. The molecule has 2 aliphatic rings. The Morgan fingerprint density at radius 3 is 2.79 bits per heavy atom. The van der Waals surface area contributed by atoms with E-state index in [1.165, 1.54) is 30.0 Å². The van der Waals surface area contributed by atoms with E-state index in [-0.39, 0.29) is 5.54 Å². The topological polar surface area (TPSA) is 34.2 Å². The molecule has 1 heterocycles. The van der Waals surface area contributed by atoms with Crippen molar-refractivity contribution in [2.24, 2.45) is 0 Å². The third-order valence-corrected chi connectivity index (χ3v) is 6.00. The minimum Gasteiger partial charge on any atom is -0.381 e. The molecule has 1 aromatic rings. The normalized spacial score (nSPS) is 30.5. The van der Waals surface area contributed by atoms with Gasteiger partial charge in [0.2, 0.25) is 0 Å². The van der Waals surface area contributed by atoms with Gasteiger partial charge in [0.25, 0.3) is 0 Å². The lowest BCUT2D eigenvalue weighted by atomic mass is 9.80. The van der Waals surface area contributed by atoms with Gasteiger partial charge in [-0.25, -0.2) is 4.98 Å². The smallest absolute Gasteiger partial charge is 0.113 e. The second-order valence-corrected chi connectivity index (χ2v) is 6.87. The summed E-state index contributed by atoms with van der Waals surface area (Å²) in [5.41, 5.74) is 1.50. The van der Waals surface area contributed by atoms with Gasteiger partial charge in [-0.2, -0.15) is 0 Å². The number of rotatable bonds is 4. The van der Waals surface area contributed by atoms with E-state index in [1.807, 2.05) is 18.4 Å². The Morgan fingerprint density at radius 1 is 1.37 bits per heavy atom. The van der Waals surface area contributed by atoms with Crippen LogP contribution in [0.3, 0.4) is 0 Å². The molecule has 1 aromatic heterocycles. The average molecular weight is 280 g/mol. The van der Waals surface area contributed by atoms with Gasteiger partial charge < -0.3 is 10.1 Å². The summed E-state index contributed by atoms with van der Waals surface area (Å²) in [6, 6.07) is 0. The summed E-state index contributed by atoms with van der Waals surface area (Å²) >= 11 is 1.96. The number of fused-ring (bicyclic) bond motifs is 1. The van der Waals surface area contributed by atoms with E-state index in [4.69, 9.17) is 9.72 Å². The van der Waals surface area contributed by atoms with E-state index < -0.39 is 0 Å². The molecule has 0 bridgehead atoms. The molecular weight excluding hydrogens is 256 g/mol. The Balaban J connectivity index is 1.83. The molecule has 0 spiro atoms. The van der Waals surface area contributed by atoms with Gasteiger partial charge in [-0.05, 0) is 51.5 Å². The summed E-state index contributed by atoms with van der Waals surface area (Å²) in [5.74, 6) is 0. The molecule has 106 valence electrons. The fraction of sp³-hybridized carbons (Fsp3) is 0.800. The zero-order chi connectivity index (χ0) is 13.3. The predicted octanol–water partition coefficient (Wildman–Crippen LogP) is 3.03. The zero-order valence-electron chi connectivity index (χ0n) is 12.0. The number of aryl methyl sites for hydroxylation is 2. The molecule has 0 saturated heterocycles. The van der Waals surface area contributed by atoms with Crippen molar-refractivity contribution >= 4 is 11.3 Å². The molecule has 1 saturated carbocycles. The van der Waals surface area contributed by atoms with Crippen LogP contribution in [-0.2, 0) is 23.1 Å². The summed E-state index contributed by atoms with van der Waals surface area (Å²) in [4.78, 5) is 6.51. The molecule has 2 aliphatic carbocycles. The third-order valence-electron chi connectivity index (χ3n) is 4.64. The largest absolute Gasteiger partial charge is 0.381 e. The first-order valence-corrected chi connectivity index (χ1v) is 8.36. The molecule has 3 nitrogen and oxygen atoms in total. The molecule has 1 fully saturated rings. The number of methoxy groups -OCH3 is 1. The summed E-state index contributed by atoms with van der Waals surface area (Å²) in [5, 5.41) is 5.08. The lowest BCUT2D eigenvalue weighted by Crippen LogP contribution is -2.46. The summed E-state index contributed by atoms with van der Waals surface area (Å²) in [7, 11) is 1.84. The summed E-state index contributed by atoms with van der Waals surface area (Å²) < 4.78 is 5.51. The van der Waals surface area contributed by atoms with E-state index in [9.17, 15) is 0 Å². The van der Waals surface area contributed by atoms with E-state index in [0.717, 1.165) is 32.2 Å². The predicted molar refractivity (Wildman–Crippen MR) is 78.8 cm³/mol. The number of aromatic nitrogens is 1. The lowest BCUT2D eigenvalue weighted by molar-refractivity contribution is 0.0407. The molecule has 0 amide bonds. The minimum absolute atomic E-state index is 0.124. The minimum atomic E-state index is 0.124. The van der Waals surface area contributed by atoms with Crippen molar-refractivity contribution in [1.82, 2.24) is 10.3 Å². The van der Waals surface area contributed by atoms with E-state index in [2.05, 4.69) is 12.2 Å². The maximum atomic E-state index is 5.51. The molecule has 0 aromatic carbocycles. The van der Waals surface area contributed by atoms with Crippen LogP contribution in [0.2, 0.25) is 0 Å². The zero-order valence-corrected chi connectivity index (χ0v) is 12.8. The van der Waals surface area contributed by atoms with E-state index in [0.29, 0.717) is 6.10 Å². The highest BCUT2D eigenvalue weighted by Crippen LogP contribution is 2.42. The summed E-state index contributed by atoms with van der Waals surface area (Å²) in [6.07, 6.45) is 8.79. The van der Waals surface area contributed by atoms with Crippen LogP contribution in [0, 0.1) is 0 Å². The Morgan fingerprint density at radius 2 is 2.16 bits per heavy atom. The Labute approximate surface area is 119 Å². The quantitative estimate of drug-likeness (QED) is 0.920. The maximum Gasteiger partial charge on any atom is 0.113 e. The van der Waals surface area contributed by atoms with Crippen LogP contribution in [0.1, 0.15) is 54.6 Å². The van der Waals surface area contributed by atoms with E-state index in [1.54, 1.807) is 4.88 Å². The lowest BCUT2D eigenvalue weighted by Gasteiger charge is -2.39. The molecule has 4 heteroatoms. The van der Waals surface area contributed by atoms with Gasteiger partial charge in [-0.3, -0.25) is 0 Å². The van der Waals surface area contributed by atoms with E-state index >= 15 is 0 Å². The first-order chi connectivity index (χ1) is 9.27. The second-order valence-electron chi connectivity index (χ2n) is 5.79. The number of hydrogen-bond acceptors (Lipinski definition) is 4. The van der Waals surface area contributed by atoms with Crippen molar-refractivity contribution in [2.45, 2.75) is 63.5 Å². The highest BCUT2D eigenvalue weighted by molar-refractivity contribution is 7.12. The molecule has 0 radical (unpaired) electrons. The van der Waals surface area contributed by atoms with Crippen LogP contribution in [-0.4, -0.2) is 24.7 Å². The average Bonchev–Trinajstić information content (AvgIpc) is 3.01. The first-order valence-electron chi connectivity index (χ1n) is 7.54. The van der Waals surface area contributed by atoms with Crippen molar-refractivity contribution in [3.05, 3.63) is 15.6 Å². The van der Waals surface area contributed by atoms with Crippen LogP contribution >= 0.6 is 11.3 Å². The van der Waals surface area contributed by atoms with Crippen LogP contribution in [0.4, 0.5) is 0 Å². The Hall–Kier alpha value is -0.450. The van der Waals surface area contributed by atoms with Gasteiger partial charge in [-0.15, -0.1) is 11.3 Å². The van der Waals surface area contributed by atoms with Crippen molar-refractivity contribution < 1.29 is 4.74 Å². The molecular formula is C15H24N2OS.